The molecule has 0 aliphatic heterocycles. The van der Waals surface area contributed by atoms with E-state index in [0.717, 1.165) is 22.9 Å². The summed E-state index contributed by atoms with van der Waals surface area (Å²) in [6, 6.07) is 3.47. The standard InChI is InChI=1S/C12H13BrN2O2/c1-7(16)14-5-4-8-6-15-9-2-3-10(17)12(13)11(8)9/h2-3,6,15,17H,4-5H2,1H3,(H,14,16). The van der Waals surface area contributed by atoms with Crippen molar-refractivity contribution in [3.63, 3.8) is 0 Å². The summed E-state index contributed by atoms with van der Waals surface area (Å²) in [7, 11) is 0. The highest BCUT2D eigenvalue weighted by molar-refractivity contribution is 9.10. The fourth-order valence-corrected chi connectivity index (χ4v) is 2.41. The second kappa shape index (κ2) is 4.79. The summed E-state index contributed by atoms with van der Waals surface area (Å²) < 4.78 is 0.689. The van der Waals surface area contributed by atoms with Gasteiger partial charge in [0.1, 0.15) is 5.75 Å². The van der Waals surface area contributed by atoms with E-state index in [-0.39, 0.29) is 11.7 Å². The average Bonchev–Trinajstić information content (AvgIpc) is 2.67. The van der Waals surface area contributed by atoms with Crippen molar-refractivity contribution in [1.82, 2.24) is 10.3 Å². The number of benzene rings is 1. The number of phenols is 1. The van der Waals surface area contributed by atoms with Crippen LogP contribution in [0.1, 0.15) is 12.5 Å². The third-order valence-electron chi connectivity index (χ3n) is 2.61. The first-order valence-corrected chi connectivity index (χ1v) is 6.10. The number of nitrogens with one attached hydrogen (secondary N) is 2. The van der Waals surface area contributed by atoms with Gasteiger partial charge in [0, 0.05) is 30.6 Å². The highest BCUT2D eigenvalue weighted by atomic mass is 79.9. The molecule has 0 unspecified atom stereocenters. The molecular weight excluding hydrogens is 284 g/mol. The summed E-state index contributed by atoms with van der Waals surface area (Å²) in [5, 5.41) is 13.4. The van der Waals surface area contributed by atoms with E-state index in [2.05, 4.69) is 26.2 Å². The molecule has 0 spiro atoms. The highest BCUT2D eigenvalue weighted by Gasteiger charge is 2.10. The van der Waals surface area contributed by atoms with Crippen molar-refractivity contribution < 1.29 is 9.90 Å². The minimum Gasteiger partial charge on any atom is -0.507 e. The lowest BCUT2D eigenvalue weighted by Gasteiger charge is -2.03. The number of rotatable bonds is 3. The fraction of sp³-hybridized carbons (Fsp3) is 0.250. The maximum atomic E-state index is 10.8. The van der Waals surface area contributed by atoms with Crippen molar-refractivity contribution in [2.45, 2.75) is 13.3 Å². The number of carbonyl (C=O) groups excluding carboxylic acids is 1. The molecule has 0 bridgehead atoms. The number of aromatic amines is 1. The molecule has 2 aromatic rings. The topological polar surface area (TPSA) is 65.1 Å². The van der Waals surface area contributed by atoms with Crippen LogP contribution < -0.4 is 5.32 Å². The normalized spacial score (nSPS) is 10.7. The summed E-state index contributed by atoms with van der Waals surface area (Å²) in [4.78, 5) is 13.9. The van der Waals surface area contributed by atoms with Gasteiger partial charge in [-0.1, -0.05) is 0 Å². The molecule has 1 aromatic carbocycles. The SMILES string of the molecule is CC(=O)NCCc1c[nH]c2ccc(O)c(Br)c12. The molecule has 1 amide bonds. The number of phenolic OH excluding ortho intramolecular Hbond substituents is 1. The molecule has 0 aliphatic carbocycles. The van der Waals surface area contributed by atoms with Crippen molar-refractivity contribution in [3.05, 3.63) is 28.4 Å². The zero-order valence-electron chi connectivity index (χ0n) is 9.38. The minimum atomic E-state index is -0.0354. The largest absolute Gasteiger partial charge is 0.507 e. The molecule has 90 valence electrons. The van der Waals surface area contributed by atoms with Gasteiger partial charge in [0.15, 0.2) is 0 Å². The number of halogens is 1. The van der Waals surface area contributed by atoms with Gasteiger partial charge in [0.2, 0.25) is 5.91 Å². The number of aromatic nitrogens is 1. The van der Waals surface area contributed by atoms with Crippen molar-refractivity contribution in [3.8, 4) is 5.75 Å². The second-order valence-electron chi connectivity index (χ2n) is 3.87. The Morgan fingerprint density at radius 2 is 2.29 bits per heavy atom. The van der Waals surface area contributed by atoms with Crippen molar-refractivity contribution in [1.29, 1.82) is 0 Å². The quantitative estimate of drug-likeness (QED) is 0.814. The average molecular weight is 297 g/mol. The molecule has 4 nitrogen and oxygen atoms in total. The summed E-state index contributed by atoms with van der Waals surface area (Å²) in [6.45, 7) is 2.08. The smallest absolute Gasteiger partial charge is 0.216 e. The number of aromatic hydroxyl groups is 1. The van der Waals surface area contributed by atoms with Crippen LogP contribution in [0.25, 0.3) is 10.9 Å². The third-order valence-corrected chi connectivity index (χ3v) is 3.42. The molecule has 3 N–H and O–H groups in total. The third kappa shape index (κ3) is 2.44. The summed E-state index contributed by atoms with van der Waals surface area (Å²) in [5.74, 6) is 0.185. The van der Waals surface area contributed by atoms with Gasteiger partial charge in [-0.25, -0.2) is 0 Å². The zero-order chi connectivity index (χ0) is 12.4. The Bertz CT molecular complexity index is 563. The van der Waals surface area contributed by atoms with Gasteiger partial charge in [-0.05, 0) is 40.0 Å². The van der Waals surface area contributed by atoms with Crippen molar-refractivity contribution >= 4 is 32.7 Å². The lowest BCUT2D eigenvalue weighted by Crippen LogP contribution is -2.22. The number of fused-ring (bicyclic) bond motifs is 1. The summed E-state index contributed by atoms with van der Waals surface area (Å²) >= 11 is 3.37. The Balaban J connectivity index is 2.28. The lowest BCUT2D eigenvalue weighted by atomic mass is 10.1. The van der Waals surface area contributed by atoms with Gasteiger partial charge in [-0.15, -0.1) is 0 Å². The van der Waals surface area contributed by atoms with E-state index < -0.39 is 0 Å². The molecular formula is C12H13BrN2O2. The van der Waals surface area contributed by atoms with Crippen molar-refractivity contribution in [2.75, 3.05) is 6.54 Å². The van der Waals surface area contributed by atoms with Crippen LogP contribution in [0.2, 0.25) is 0 Å². The van der Waals surface area contributed by atoms with E-state index in [1.807, 2.05) is 12.3 Å². The molecule has 0 saturated heterocycles. The Kier molecular flexibility index (Phi) is 3.38. The number of hydrogen-bond donors (Lipinski definition) is 3. The molecule has 1 aromatic heterocycles. The lowest BCUT2D eigenvalue weighted by molar-refractivity contribution is -0.118. The van der Waals surface area contributed by atoms with Crippen LogP contribution >= 0.6 is 15.9 Å². The monoisotopic (exact) mass is 296 g/mol. The van der Waals surface area contributed by atoms with Crippen LogP contribution in [0.3, 0.4) is 0 Å². The van der Waals surface area contributed by atoms with E-state index in [9.17, 15) is 9.90 Å². The predicted molar refractivity (Wildman–Crippen MR) is 70.1 cm³/mol. The van der Waals surface area contributed by atoms with Crippen LogP contribution in [0, 0.1) is 0 Å². The Labute approximate surface area is 107 Å². The van der Waals surface area contributed by atoms with E-state index >= 15 is 0 Å². The Morgan fingerprint density at radius 1 is 1.53 bits per heavy atom. The van der Waals surface area contributed by atoms with Crippen LogP contribution in [0.5, 0.6) is 5.75 Å². The molecule has 0 radical (unpaired) electrons. The first-order valence-electron chi connectivity index (χ1n) is 5.31. The van der Waals surface area contributed by atoms with Gasteiger partial charge in [0.25, 0.3) is 0 Å². The highest BCUT2D eigenvalue weighted by Crippen LogP contribution is 2.34. The van der Waals surface area contributed by atoms with Gasteiger partial charge >= 0.3 is 0 Å². The number of amides is 1. The van der Waals surface area contributed by atoms with E-state index in [0.29, 0.717) is 11.0 Å². The molecule has 0 fully saturated rings. The molecule has 0 atom stereocenters. The zero-order valence-corrected chi connectivity index (χ0v) is 11.0. The van der Waals surface area contributed by atoms with E-state index in [1.165, 1.54) is 6.92 Å². The Morgan fingerprint density at radius 3 is 3.00 bits per heavy atom. The van der Waals surface area contributed by atoms with E-state index in [4.69, 9.17) is 0 Å². The summed E-state index contributed by atoms with van der Waals surface area (Å²) in [6.07, 6.45) is 2.62. The molecule has 0 aliphatic rings. The second-order valence-corrected chi connectivity index (χ2v) is 4.66. The maximum absolute atomic E-state index is 10.8. The maximum Gasteiger partial charge on any atom is 0.216 e. The molecule has 17 heavy (non-hydrogen) atoms. The minimum absolute atomic E-state index is 0.0354. The number of carbonyl (C=O) groups is 1. The summed E-state index contributed by atoms with van der Waals surface area (Å²) in [5.41, 5.74) is 2.03. The van der Waals surface area contributed by atoms with Gasteiger partial charge in [-0.3, -0.25) is 4.79 Å². The molecule has 2 rings (SSSR count). The predicted octanol–water partition coefficient (Wildman–Crippen LogP) is 2.31. The number of hydrogen-bond acceptors (Lipinski definition) is 2. The number of H-pyrrole nitrogens is 1. The van der Waals surface area contributed by atoms with Crippen LogP contribution in [0.4, 0.5) is 0 Å². The van der Waals surface area contributed by atoms with Gasteiger partial charge in [-0.2, -0.15) is 0 Å². The van der Waals surface area contributed by atoms with Crippen LogP contribution in [-0.2, 0) is 11.2 Å². The fourth-order valence-electron chi connectivity index (χ4n) is 1.81. The van der Waals surface area contributed by atoms with Crippen LogP contribution in [0.15, 0.2) is 22.8 Å². The molecule has 5 heteroatoms. The van der Waals surface area contributed by atoms with Crippen LogP contribution in [-0.4, -0.2) is 22.5 Å². The Hall–Kier alpha value is -1.49. The first kappa shape index (κ1) is 12.0. The molecule has 1 heterocycles. The van der Waals surface area contributed by atoms with Gasteiger partial charge in [0.05, 0.1) is 4.47 Å². The van der Waals surface area contributed by atoms with Crippen molar-refractivity contribution in [2.24, 2.45) is 0 Å². The first-order chi connectivity index (χ1) is 8.09. The van der Waals surface area contributed by atoms with E-state index in [1.54, 1.807) is 6.07 Å². The molecule has 0 saturated carbocycles. The van der Waals surface area contributed by atoms with Gasteiger partial charge < -0.3 is 15.4 Å².